The molecule has 0 amide bonds. The van der Waals surface area contributed by atoms with Crippen molar-refractivity contribution >= 4 is 17.5 Å². The molecule has 0 radical (unpaired) electrons. The minimum absolute atomic E-state index is 0.0967. The number of ether oxygens (including phenoxy) is 3. The van der Waals surface area contributed by atoms with Crippen molar-refractivity contribution in [2.75, 3.05) is 26.1 Å². The molecule has 0 bridgehead atoms. The van der Waals surface area contributed by atoms with E-state index in [1.165, 1.54) is 4.90 Å². The van der Waals surface area contributed by atoms with Crippen molar-refractivity contribution in [3.05, 3.63) is 48.0 Å². The number of carbonyl (C=O) groups is 1. The fraction of sp³-hybridized carbons (Fsp3) is 0.316. The van der Waals surface area contributed by atoms with Crippen LogP contribution in [-0.2, 0) is 0 Å². The third-order valence-corrected chi connectivity index (χ3v) is 4.83. The summed E-state index contributed by atoms with van der Waals surface area (Å²) in [6.07, 6.45) is 1.32. The van der Waals surface area contributed by atoms with Crippen LogP contribution < -0.4 is 14.2 Å². The van der Waals surface area contributed by atoms with Crippen molar-refractivity contribution in [2.45, 2.75) is 17.7 Å². The first-order valence-electron chi connectivity index (χ1n) is 7.96. The molecule has 1 aliphatic heterocycles. The Kier molecular flexibility index (Phi) is 5.64. The van der Waals surface area contributed by atoms with Crippen LogP contribution in [0.25, 0.3) is 0 Å². The first-order chi connectivity index (χ1) is 11.8. The molecule has 2 aromatic carbocycles. The van der Waals surface area contributed by atoms with Gasteiger partial charge in [0.2, 0.25) is 0 Å². The minimum atomic E-state index is 0.0967. The molecular formula is C19H20O4S. The van der Waals surface area contributed by atoms with Gasteiger partial charge in [0.05, 0.1) is 20.3 Å². The topological polar surface area (TPSA) is 44.8 Å². The van der Waals surface area contributed by atoms with E-state index in [1.807, 2.05) is 42.5 Å². The van der Waals surface area contributed by atoms with Crippen LogP contribution in [-0.4, -0.2) is 31.9 Å². The van der Waals surface area contributed by atoms with E-state index < -0.39 is 0 Å². The fourth-order valence-electron chi connectivity index (χ4n) is 2.51. The van der Waals surface area contributed by atoms with E-state index in [-0.39, 0.29) is 5.78 Å². The van der Waals surface area contributed by atoms with Crippen molar-refractivity contribution in [1.82, 2.24) is 0 Å². The van der Waals surface area contributed by atoms with Gasteiger partial charge in [0.15, 0.2) is 5.78 Å². The summed E-state index contributed by atoms with van der Waals surface area (Å²) < 4.78 is 16.5. The van der Waals surface area contributed by atoms with E-state index in [0.717, 1.165) is 17.9 Å². The van der Waals surface area contributed by atoms with Gasteiger partial charge in [-0.15, -0.1) is 11.8 Å². The largest absolute Gasteiger partial charge is 0.497 e. The van der Waals surface area contributed by atoms with Crippen LogP contribution in [0.5, 0.6) is 17.2 Å². The van der Waals surface area contributed by atoms with E-state index in [1.54, 1.807) is 18.9 Å². The Morgan fingerprint density at radius 1 is 1.17 bits per heavy atom. The number of methoxy groups -OCH3 is 1. The molecule has 1 heterocycles. The lowest BCUT2D eigenvalue weighted by atomic mass is 10.0. The molecular weight excluding hydrogens is 324 g/mol. The van der Waals surface area contributed by atoms with Gasteiger partial charge in [-0.1, -0.05) is 6.07 Å². The molecule has 0 aliphatic carbocycles. The Morgan fingerprint density at radius 3 is 2.79 bits per heavy atom. The molecule has 24 heavy (non-hydrogen) atoms. The van der Waals surface area contributed by atoms with Crippen LogP contribution in [0.15, 0.2) is 47.4 Å². The van der Waals surface area contributed by atoms with Crippen LogP contribution in [0.1, 0.15) is 23.2 Å². The van der Waals surface area contributed by atoms with E-state index in [9.17, 15) is 4.79 Å². The number of Topliss-reactive ketones (excluding diaryl/α,β-unsaturated/α-hetero) is 1. The van der Waals surface area contributed by atoms with Crippen LogP contribution >= 0.6 is 11.8 Å². The van der Waals surface area contributed by atoms with E-state index >= 15 is 0 Å². The summed E-state index contributed by atoms with van der Waals surface area (Å²) in [5, 5.41) is 0. The van der Waals surface area contributed by atoms with Gasteiger partial charge in [-0.2, -0.15) is 0 Å². The molecule has 3 rings (SSSR count). The minimum Gasteiger partial charge on any atom is -0.497 e. The molecule has 0 spiro atoms. The van der Waals surface area contributed by atoms with Gasteiger partial charge in [0.1, 0.15) is 22.8 Å². The van der Waals surface area contributed by atoms with Crippen molar-refractivity contribution < 1.29 is 19.0 Å². The normalized spacial score (nSPS) is 13.1. The van der Waals surface area contributed by atoms with E-state index in [4.69, 9.17) is 14.2 Å². The van der Waals surface area contributed by atoms with Crippen LogP contribution in [0.4, 0.5) is 0 Å². The second-order valence-corrected chi connectivity index (χ2v) is 6.55. The third kappa shape index (κ3) is 4.03. The number of hydrogen-bond acceptors (Lipinski definition) is 5. The molecule has 0 saturated carbocycles. The predicted molar refractivity (Wildman–Crippen MR) is 94.7 cm³/mol. The lowest BCUT2D eigenvalue weighted by Crippen LogP contribution is -2.16. The number of hydrogen-bond donors (Lipinski definition) is 0. The smallest absolute Gasteiger partial charge is 0.173 e. The van der Waals surface area contributed by atoms with Crippen molar-refractivity contribution in [2.24, 2.45) is 0 Å². The maximum absolute atomic E-state index is 12.1. The molecule has 0 aromatic heterocycles. The summed E-state index contributed by atoms with van der Waals surface area (Å²) >= 11 is 1.78. The van der Waals surface area contributed by atoms with Gasteiger partial charge in [0.25, 0.3) is 0 Å². The number of carbonyl (C=O) groups excluding carboxylic acids is 1. The zero-order valence-corrected chi connectivity index (χ0v) is 14.4. The first kappa shape index (κ1) is 16.7. The van der Waals surface area contributed by atoms with Crippen molar-refractivity contribution in [3.8, 4) is 17.2 Å². The van der Waals surface area contributed by atoms with Crippen LogP contribution in [0.3, 0.4) is 0 Å². The third-order valence-electron chi connectivity index (χ3n) is 3.73. The Labute approximate surface area is 146 Å². The lowest BCUT2D eigenvalue weighted by Gasteiger charge is -2.19. The van der Waals surface area contributed by atoms with Gasteiger partial charge in [-0.3, -0.25) is 4.79 Å². The summed E-state index contributed by atoms with van der Waals surface area (Å²) in [5.41, 5.74) is 0.589. The maximum atomic E-state index is 12.1. The summed E-state index contributed by atoms with van der Waals surface area (Å²) in [6, 6.07) is 13.5. The molecule has 0 saturated heterocycles. The van der Waals surface area contributed by atoms with E-state index in [2.05, 4.69) is 0 Å². The highest BCUT2D eigenvalue weighted by Crippen LogP contribution is 2.32. The Balaban J connectivity index is 1.48. The number of fused-ring (bicyclic) bond motifs is 1. The van der Waals surface area contributed by atoms with E-state index in [0.29, 0.717) is 36.7 Å². The number of benzene rings is 2. The Hall–Kier alpha value is -2.14. The first-order valence-corrected chi connectivity index (χ1v) is 8.95. The SMILES string of the molecule is COc1ccc(SCCCOc2cccc3c2C(=O)CCO3)cc1. The summed E-state index contributed by atoms with van der Waals surface area (Å²) in [7, 11) is 1.66. The molecule has 4 nitrogen and oxygen atoms in total. The lowest BCUT2D eigenvalue weighted by molar-refractivity contribution is 0.0928. The van der Waals surface area contributed by atoms with Gasteiger partial charge in [-0.05, 0) is 42.8 Å². The number of ketones is 1. The monoisotopic (exact) mass is 344 g/mol. The highest BCUT2D eigenvalue weighted by atomic mass is 32.2. The van der Waals surface area contributed by atoms with Gasteiger partial charge < -0.3 is 14.2 Å². The molecule has 1 aliphatic rings. The summed E-state index contributed by atoms with van der Waals surface area (Å²) in [4.78, 5) is 13.3. The molecule has 0 fully saturated rings. The van der Waals surface area contributed by atoms with Gasteiger partial charge >= 0.3 is 0 Å². The Morgan fingerprint density at radius 2 is 2.00 bits per heavy atom. The predicted octanol–water partition coefficient (Wildman–Crippen LogP) is 4.22. The summed E-state index contributed by atoms with van der Waals surface area (Å²) in [5.74, 6) is 3.18. The highest BCUT2D eigenvalue weighted by molar-refractivity contribution is 7.99. The van der Waals surface area contributed by atoms with Gasteiger partial charge in [-0.25, -0.2) is 0 Å². The number of thioether (sulfide) groups is 1. The zero-order valence-electron chi connectivity index (χ0n) is 13.6. The Bertz CT molecular complexity index is 697. The molecule has 0 unspecified atom stereocenters. The molecule has 0 atom stereocenters. The molecule has 0 N–H and O–H groups in total. The van der Waals surface area contributed by atoms with Gasteiger partial charge in [0, 0.05) is 17.1 Å². The summed E-state index contributed by atoms with van der Waals surface area (Å²) in [6.45, 7) is 1.03. The number of rotatable bonds is 7. The quantitative estimate of drug-likeness (QED) is 0.556. The van der Waals surface area contributed by atoms with Crippen LogP contribution in [0, 0.1) is 0 Å². The maximum Gasteiger partial charge on any atom is 0.173 e. The second-order valence-electron chi connectivity index (χ2n) is 5.38. The second kappa shape index (κ2) is 8.11. The molecule has 5 heteroatoms. The average molecular weight is 344 g/mol. The highest BCUT2D eigenvalue weighted by Gasteiger charge is 2.22. The standard InChI is InChI=1S/C19H20O4S/c1-21-14-6-8-15(9-7-14)24-13-3-11-22-17-4-2-5-18-19(17)16(20)10-12-23-18/h2,4-9H,3,10-13H2,1H3. The van der Waals surface area contributed by atoms with Crippen molar-refractivity contribution in [1.29, 1.82) is 0 Å². The van der Waals surface area contributed by atoms with Crippen molar-refractivity contribution in [3.63, 3.8) is 0 Å². The fourth-order valence-corrected chi connectivity index (χ4v) is 3.33. The zero-order chi connectivity index (χ0) is 16.8. The molecule has 126 valence electrons. The average Bonchev–Trinajstić information content (AvgIpc) is 2.62. The van der Waals surface area contributed by atoms with Crippen LogP contribution in [0.2, 0.25) is 0 Å². The molecule has 2 aromatic rings.